The van der Waals surface area contributed by atoms with Crippen LogP contribution in [0.4, 0.5) is 23.1 Å². The van der Waals surface area contributed by atoms with Crippen LogP contribution in [0.1, 0.15) is 39.3 Å². The zero-order valence-corrected chi connectivity index (χ0v) is 15.3. The van der Waals surface area contributed by atoms with Crippen LogP contribution in [-0.4, -0.2) is 29.6 Å². The third kappa shape index (κ3) is 5.11. The summed E-state index contributed by atoms with van der Waals surface area (Å²) in [5.74, 6) is 1.50. The first-order chi connectivity index (χ1) is 11.7. The molecule has 1 heterocycles. The molecular formula is C19H29N5. The number of nitrogens with zero attached hydrogens (tertiary/aromatic N) is 3. The molecule has 5 nitrogen and oxygen atoms in total. The normalized spacial score (nSPS) is 10.5. The second-order valence-corrected chi connectivity index (χ2v) is 5.84. The van der Waals surface area contributed by atoms with Crippen molar-refractivity contribution in [3.05, 3.63) is 36.0 Å². The Hall–Kier alpha value is -2.30. The number of unbranched alkanes of at least 4 members (excludes halogenated alkanes) is 1. The van der Waals surface area contributed by atoms with Gasteiger partial charge in [0.15, 0.2) is 0 Å². The summed E-state index contributed by atoms with van der Waals surface area (Å²) in [6.07, 6.45) is 2.27. The number of aryl methyl sites for hydroxylation is 1. The van der Waals surface area contributed by atoms with Gasteiger partial charge in [0.05, 0.1) is 0 Å². The van der Waals surface area contributed by atoms with Crippen molar-refractivity contribution in [3.63, 3.8) is 0 Å². The van der Waals surface area contributed by atoms with Crippen LogP contribution in [0, 0.1) is 6.92 Å². The molecule has 0 bridgehead atoms. The van der Waals surface area contributed by atoms with Crippen molar-refractivity contribution in [1.29, 1.82) is 0 Å². The Morgan fingerprint density at radius 1 is 1.00 bits per heavy atom. The van der Waals surface area contributed by atoms with Crippen molar-refractivity contribution < 1.29 is 0 Å². The highest BCUT2D eigenvalue weighted by Gasteiger charge is 2.04. The van der Waals surface area contributed by atoms with Crippen LogP contribution >= 0.6 is 0 Å². The minimum absolute atomic E-state index is 0.686. The highest BCUT2D eigenvalue weighted by atomic mass is 15.1. The summed E-state index contributed by atoms with van der Waals surface area (Å²) >= 11 is 0. The highest BCUT2D eigenvalue weighted by molar-refractivity contribution is 5.61. The molecule has 0 saturated heterocycles. The van der Waals surface area contributed by atoms with Gasteiger partial charge in [-0.15, -0.1) is 0 Å². The molecule has 0 amide bonds. The maximum atomic E-state index is 4.55. The average Bonchev–Trinajstić information content (AvgIpc) is 2.57. The molecule has 0 unspecified atom stereocenters. The Morgan fingerprint density at radius 3 is 2.33 bits per heavy atom. The zero-order chi connectivity index (χ0) is 17.4. The molecule has 130 valence electrons. The van der Waals surface area contributed by atoms with Crippen molar-refractivity contribution >= 4 is 23.1 Å². The van der Waals surface area contributed by atoms with E-state index < -0.39 is 0 Å². The maximum absolute atomic E-state index is 4.55. The van der Waals surface area contributed by atoms with E-state index in [1.165, 1.54) is 5.69 Å². The summed E-state index contributed by atoms with van der Waals surface area (Å²) in [7, 11) is 0. The summed E-state index contributed by atoms with van der Waals surface area (Å²) in [6.45, 7) is 11.4. The van der Waals surface area contributed by atoms with Crippen molar-refractivity contribution in [3.8, 4) is 0 Å². The summed E-state index contributed by atoms with van der Waals surface area (Å²) < 4.78 is 0. The van der Waals surface area contributed by atoms with Crippen LogP contribution in [0.15, 0.2) is 30.3 Å². The quantitative estimate of drug-likeness (QED) is 0.660. The predicted octanol–water partition coefficient (Wildman–Crippen LogP) is 4.59. The van der Waals surface area contributed by atoms with Crippen LogP contribution in [0.2, 0.25) is 0 Å². The highest BCUT2D eigenvalue weighted by Crippen LogP contribution is 2.21. The number of hydrogen-bond donors (Lipinski definition) is 2. The molecule has 1 aromatic carbocycles. The molecule has 0 radical (unpaired) electrons. The largest absolute Gasteiger partial charge is 0.372 e. The fourth-order valence-electron chi connectivity index (χ4n) is 2.58. The lowest BCUT2D eigenvalue weighted by atomic mass is 10.2. The molecule has 0 aliphatic heterocycles. The molecule has 0 atom stereocenters. The number of hydrogen-bond acceptors (Lipinski definition) is 5. The third-order valence-electron chi connectivity index (χ3n) is 3.94. The zero-order valence-electron chi connectivity index (χ0n) is 15.3. The van der Waals surface area contributed by atoms with E-state index >= 15 is 0 Å². The topological polar surface area (TPSA) is 53.1 Å². The third-order valence-corrected chi connectivity index (χ3v) is 3.94. The van der Waals surface area contributed by atoms with E-state index in [2.05, 4.69) is 70.5 Å². The number of anilines is 4. The van der Waals surface area contributed by atoms with Crippen molar-refractivity contribution in [2.75, 3.05) is 35.2 Å². The second kappa shape index (κ2) is 9.11. The van der Waals surface area contributed by atoms with Gasteiger partial charge in [-0.2, -0.15) is 4.98 Å². The SMILES string of the molecule is CCCCNc1nc(C)cc(Nc2ccc(N(CC)CC)cc2)n1. The lowest BCUT2D eigenvalue weighted by Gasteiger charge is -2.21. The van der Waals surface area contributed by atoms with E-state index in [-0.39, 0.29) is 0 Å². The van der Waals surface area contributed by atoms with Gasteiger partial charge in [-0.05, 0) is 51.5 Å². The second-order valence-electron chi connectivity index (χ2n) is 5.84. The van der Waals surface area contributed by atoms with Crippen molar-refractivity contribution in [1.82, 2.24) is 9.97 Å². The molecule has 0 aliphatic rings. The molecule has 24 heavy (non-hydrogen) atoms. The van der Waals surface area contributed by atoms with E-state index in [0.29, 0.717) is 5.95 Å². The minimum Gasteiger partial charge on any atom is -0.372 e. The number of rotatable bonds is 9. The summed E-state index contributed by atoms with van der Waals surface area (Å²) in [5.41, 5.74) is 3.22. The van der Waals surface area contributed by atoms with E-state index in [1.807, 2.05) is 13.0 Å². The van der Waals surface area contributed by atoms with Crippen LogP contribution in [-0.2, 0) is 0 Å². The van der Waals surface area contributed by atoms with Gasteiger partial charge >= 0.3 is 0 Å². The van der Waals surface area contributed by atoms with E-state index in [1.54, 1.807) is 0 Å². The summed E-state index contributed by atoms with van der Waals surface area (Å²) in [4.78, 5) is 11.3. The van der Waals surface area contributed by atoms with Gasteiger partial charge in [-0.25, -0.2) is 4.98 Å². The number of nitrogens with one attached hydrogen (secondary N) is 2. The van der Waals surface area contributed by atoms with Gasteiger partial charge in [0.1, 0.15) is 5.82 Å². The fraction of sp³-hybridized carbons (Fsp3) is 0.474. The Kier molecular flexibility index (Phi) is 6.85. The lowest BCUT2D eigenvalue weighted by Crippen LogP contribution is -2.21. The molecule has 1 aromatic heterocycles. The molecule has 0 spiro atoms. The first kappa shape index (κ1) is 18.0. The summed E-state index contributed by atoms with van der Waals surface area (Å²) in [5, 5.41) is 6.65. The lowest BCUT2D eigenvalue weighted by molar-refractivity contribution is 0.825. The monoisotopic (exact) mass is 327 g/mol. The average molecular weight is 327 g/mol. The van der Waals surface area contributed by atoms with Crippen LogP contribution in [0.25, 0.3) is 0 Å². The first-order valence-corrected chi connectivity index (χ1v) is 8.87. The van der Waals surface area contributed by atoms with Crippen LogP contribution < -0.4 is 15.5 Å². The minimum atomic E-state index is 0.686. The van der Waals surface area contributed by atoms with Gasteiger partial charge in [0, 0.05) is 42.8 Å². The Morgan fingerprint density at radius 2 is 1.71 bits per heavy atom. The Bertz CT molecular complexity index is 620. The van der Waals surface area contributed by atoms with Gasteiger partial charge in [-0.3, -0.25) is 0 Å². The van der Waals surface area contributed by atoms with Crippen LogP contribution in [0.3, 0.4) is 0 Å². The molecule has 0 aliphatic carbocycles. The van der Waals surface area contributed by atoms with Crippen molar-refractivity contribution in [2.45, 2.75) is 40.5 Å². The smallest absolute Gasteiger partial charge is 0.224 e. The molecule has 0 saturated carbocycles. The van der Waals surface area contributed by atoms with E-state index in [0.717, 1.165) is 49.7 Å². The van der Waals surface area contributed by atoms with Gasteiger partial charge in [-0.1, -0.05) is 13.3 Å². The fourth-order valence-corrected chi connectivity index (χ4v) is 2.58. The summed E-state index contributed by atoms with van der Waals surface area (Å²) in [6, 6.07) is 10.4. The molecule has 2 N–H and O–H groups in total. The Balaban J connectivity index is 2.07. The number of aromatic nitrogens is 2. The van der Waals surface area contributed by atoms with Gasteiger partial charge < -0.3 is 15.5 Å². The van der Waals surface area contributed by atoms with Crippen LogP contribution in [0.5, 0.6) is 0 Å². The molecule has 5 heteroatoms. The standard InChI is InChI=1S/C19H29N5/c1-5-8-13-20-19-21-15(4)14-18(23-19)22-16-9-11-17(12-10-16)24(6-2)7-3/h9-12,14H,5-8,13H2,1-4H3,(H2,20,21,22,23). The molecule has 2 rings (SSSR count). The van der Waals surface area contributed by atoms with Crippen molar-refractivity contribution in [2.24, 2.45) is 0 Å². The van der Waals surface area contributed by atoms with Gasteiger partial charge in [0.25, 0.3) is 0 Å². The molecular weight excluding hydrogens is 298 g/mol. The van der Waals surface area contributed by atoms with E-state index in [9.17, 15) is 0 Å². The van der Waals surface area contributed by atoms with E-state index in [4.69, 9.17) is 0 Å². The molecule has 0 fully saturated rings. The Labute approximate surface area is 145 Å². The van der Waals surface area contributed by atoms with Gasteiger partial charge in [0.2, 0.25) is 5.95 Å². The first-order valence-electron chi connectivity index (χ1n) is 8.87. The molecule has 2 aromatic rings. The maximum Gasteiger partial charge on any atom is 0.224 e. The number of benzene rings is 1. The predicted molar refractivity (Wildman–Crippen MR) is 103 cm³/mol.